The van der Waals surface area contributed by atoms with E-state index in [1.54, 1.807) is 7.05 Å². The second-order valence-corrected chi connectivity index (χ2v) is 6.58. The second kappa shape index (κ2) is 4.49. The third kappa shape index (κ3) is 4.17. The standard InChI is InChI=1S/C9H18N2O3S/c1-11(5-7-3-8(10)4-7)9(12)6-15(2,13)14/h7-8H,3-6,10H2,1-2H3. The minimum atomic E-state index is -3.22. The van der Waals surface area contributed by atoms with Crippen LogP contribution in [0.5, 0.6) is 0 Å². The number of hydrogen-bond acceptors (Lipinski definition) is 4. The van der Waals surface area contributed by atoms with Gasteiger partial charge in [0.25, 0.3) is 0 Å². The summed E-state index contributed by atoms with van der Waals surface area (Å²) >= 11 is 0. The van der Waals surface area contributed by atoms with Crippen molar-refractivity contribution < 1.29 is 13.2 Å². The van der Waals surface area contributed by atoms with E-state index in [1.807, 2.05) is 0 Å². The molecule has 0 bridgehead atoms. The molecule has 1 amide bonds. The molecule has 0 aliphatic heterocycles. The van der Waals surface area contributed by atoms with Crippen molar-refractivity contribution in [1.82, 2.24) is 4.90 Å². The third-order valence-corrected chi connectivity index (χ3v) is 3.39. The molecule has 0 heterocycles. The van der Waals surface area contributed by atoms with Gasteiger partial charge in [-0.1, -0.05) is 0 Å². The van der Waals surface area contributed by atoms with Crippen molar-refractivity contribution in [2.45, 2.75) is 18.9 Å². The second-order valence-electron chi connectivity index (χ2n) is 4.44. The minimum absolute atomic E-state index is 0.258. The van der Waals surface area contributed by atoms with Crippen LogP contribution < -0.4 is 5.73 Å². The van der Waals surface area contributed by atoms with Crippen molar-refractivity contribution in [1.29, 1.82) is 0 Å². The predicted octanol–water partition coefficient (Wildman–Crippen LogP) is -0.773. The molecule has 0 atom stereocenters. The topological polar surface area (TPSA) is 80.5 Å². The first-order valence-electron chi connectivity index (χ1n) is 4.95. The maximum Gasteiger partial charge on any atom is 0.237 e. The number of rotatable bonds is 4. The van der Waals surface area contributed by atoms with E-state index in [0.717, 1.165) is 19.1 Å². The van der Waals surface area contributed by atoms with Gasteiger partial charge in [0.15, 0.2) is 9.84 Å². The molecular weight excluding hydrogens is 216 g/mol. The molecule has 1 aliphatic carbocycles. The van der Waals surface area contributed by atoms with Crippen LogP contribution in [0.2, 0.25) is 0 Å². The van der Waals surface area contributed by atoms with Crippen molar-refractivity contribution in [3.8, 4) is 0 Å². The molecule has 0 aromatic rings. The molecule has 0 aromatic carbocycles. The van der Waals surface area contributed by atoms with Gasteiger partial charge in [-0.3, -0.25) is 4.79 Å². The zero-order chi connectivity index (χ0) is 11.6. The highest BCUT2D eigenvalue weighted by Crippen LogP contribution is 2.25. The molecule has 0 spiro atoms. The smallest absolute Gasteiger partial charge is 0.237 e. The Balaban J connectivity index is 2.34. The highest BCUT2D eigenvalue weighted by molar-refractivity contribution is 7.91. The Morgan fingerprint density at radius 3 is 2.40 bits per heavy atom. The quantitative estimate of drug-likeness (QED) is 0.692. The Hall–Kier alpha value is -0.620. The van der Waals surface area contributed by atoms with Crippen LogP contribution in [0, 0.1) is 5.92 Å². The lowest BCUT2D eigenvalue weighted by atomic mass is 9.81. The van der Waals surface area contributed by atoms with E-state index in [0.29, 0.717) is 12.5 Å². The third-order valence-electron chi connectivity index (χ3n) is 2.62. The van der Waals surface area contributed by atoms with E-state index < -0.39 is 15.6 Å². The van der Waals surface area contributed by atoms with E-state index >= 15 is 0 Å². The molecule has 15 heavy (non-hydrogen) atoms. The molecule has 1 fully saturated rings. The monoisotopic (exact) mass is 234 g/mol. The number of sulfone groups is 1. The number of hydrogen-bond donors (Lipinski definition) is 1. The average molecular weight is 234 g/mol. The zero-order valence-corrected chi connectivity index (χ0v) is 9.96. The van der Waals surface area contributed by atoms with Crippen LogP contribution in [0.4, 0.5) is 0 Å². The van der Waals surface area contributed by atoms with E-state index in [9.17, 15) is 13.2 Å². The average Bonchev–Trinajstić information content (AvgIpc) is 1.98. The van der Waals surface area contributed by atoms with Crippen LogP contribution in [0.1, 0.15) is 12.8 Å². The first-order valence-corrected chi connectivity index (χ1v) is 7.01. The number of amides is 1. The summed E-state index contributed by atoms with van der Waals surface area (Å²) in [6.07, 6.45) is 2.92. The molecule has 1 aliphatic rings. The van der Waals surface area contributed by atoms with Gasteiger partial charge in [-0.25, -0.2) is 8.42 Å². The molecule has 0 radical (unpaired) electrons. The van der Waals surface area contributed by atoms with Gasteiger partial charge in [-0.2, -0.15) is 0 Å². The molecule has 0 saturated heterocycles. The summed E-state index contributed by atoms with van der Waals surface area (Å²) in [4.78, 5) is 12.9. The lowest BCUT2D eigenvalue weighted by Gasteiger charge is -2.35. The highest BCUT2D eigenvalue weighted by atomic mass is 32.2. The highest BCUT2D eigenvalue weighted by Gasteiger charge is 2.28. The first-order chi connectivity index (χ1) is 6.78. The number of carbonyl (C=O) groups excluding carboxylic acids is 1. The van der Waals surface area contributed by atoms with Crippen LogP contribution in [-0.2, 0) is 14.6 Å². The summed E-state index contributed by atoms with van der Waals surface area (Å²) in [7, 11) is -1.58. The summed E-state index contributed by atoms with van der Waals surface area (Å²) in [5.74, 6) is -0.297. The fourth-order valence-corrected chi connectivity index (χ4v) is 2.43. The van der Waals surface area contributed by atoms with Crippen molar-refractivity contribution in [3.63, 3.8) is 0 Å². The summed E-state index contributed by atoms with van der Waals surface area (Å²) in [5, 5.41) is 0. The normalized spacial score (nSPS) is 25.8. The lowest BCUT2D eigenvalue weighted by molar-refractivity contribution is -0.128. The van der Waals surface area contributed by atoms with E-state index in [1.165, 1.54) is 4.90 Å². The van der Waals surface area contributed by atoms with Gasteiger partial charge in [-0.15, -0.1) is 0 Å². The van der Waals surface area contributed by atoms with Crippen molar-refractivity contribution in [2.75, 3.05) is 25.6 Å². The number of nitrogens with zero attached hydrogens (tertiary/aromatic N) is 1. The molecule has 1 rings (SSSR count). The van der Waals surface area contributed by atoms with Crippen LogP contribution in [-0.4, -0.2) is 50.9 Å². The Morgan fingerprint density at radius 1 is 1.47 bits per heavy atom. The van der Waals surface area contributed by atoms with Gasteiger partial charge < -0.3 is 10.6 Å². The fraction of sp³-hybridized carbons (Fsp3) is 0.889. The van der Waals surface area contributed by atoms with Gasteiger partial charge in [0, 0.05) is 25.9 Å². The minimum Gasteiger partial charge on any atom is -0.345 e. The van der Waals surface area contributed by atoms with Crippen molar-refractivity contribution in [2.24, 2.45) is 11.7 Å². The molecular formula is C9H18N2O3S. The van der Waals surface area contributed by atoms with Crippen LogP contribution in [0.15, 0.2) is 0 Å². The summed E-state index contributed by atoms with van der Waals surface area (Å²) in [6, 6.07) is 0.258. The van der Waals surface area contributed by atoms with Gasteiger partial charge >= 0.3 is 0 Å². The molecule has 0 unspecified atom stereocenters. The summed E-state index contributed by atoms with van der Waals surface area (Å²) in [6.45, 7) is 0.613. The zero-order valence-electron chi connectivity index (χ0n) is 9.14. The molecule has 1 saturated carbocycles. The molecule has 2 N–H and O–H groups in total. The van der Waals surface area contributed by atoms with Gasteiger partial charge in [-0.05, 0) is 18.8 Å². The summed E-state index contributed by atoms with van der Waals surface area (Å²) in [5.41, 5.74) is 5.62. The molecule has 6 heteroatoms. The number of carbonyl (C=O) groups is 1. The Bertz CT molecular complexity index is 333. The fourth-order valence-electron chi connectivity index (χ4n) is 1.76. The Kier molecular flexibility index (Phi) is 3.72. The molecule has 5 nitrogen and oxygen atoms in total. The number of nitrogens with two attached hydrogens (primary N) is 1. The maximum atomic E-state index is 11.4. The van der Waals surface area contributed by atoms with Gasteiger partial charge in [0.2, 0.25) is 5.91 Å². The van der Waals surface area contributed by atoms with E-state index in [2.05, 4.69) is 0 Å². The van der Waals surface area contributed by atoms with E-state index in [4.69, 9.17) is 5.73 Å². The maximum absolute atomic E-state index is 11.4. The Labute approximate surface area is 90.5 Å². The van der Waals surface area contributed by atoms with Crippen molar-refractivity contribution in [3.05, 3.63) is 0 Å². The first kappa shape index (κ1) is 12.4. The largest absolute Gasteiger partial charge is 0.345 e. The summed E-state index contributed by atoms with van der Waals surface area (Å²) < 4.78 is 21.8. The molecule has 88 valence electrons. The van der Waals surface area contributed by atoms with Crippen LogP contribution in [0.3, 0.4) is 0 Å². The van der Waals surface area contributed by atoms with Crippen LogP contribution in [0.25, 0.3) is 0 Å². The van der Waals surface area contributed by atoms with E-state index in [-0.39, 0.29) is 11.9 Å². The molecule has 0 aromatic heterocycles. The Morgan fingerprint density at radius 2 is 2.00 bits per heavy atom. The predicted molar refractivity (Wildman–Crippen MR) is 58.0 cm³/mol. The van der Waals surface area contributed by atoms with Crippen LogP contribution >= 0.6 is 0 Å². The van der Waals surface area contributed by atoms with Gasteiger partial charge in [0.05, 0.1) is 0 Å². The lowest BCUT2D eigenvalue weighted by Crippen LogP contribution is -2.44. The SMILES string of the molecule is CN(CC1CC(N)C1)C(=O)CS(C)(=O)=O. The van der Waals surface area contributed by atoms with Crippen molar-refractivity contribution >= 4 is 15.7 Å². The van der Waals surface area contributed by atoms with Gasteiger partial charge in [0.1, 0.15) is 5.75 Å².